The lowest BCUT2D eigenvalue weighted by molar-refractivity contribution is 0.543. The zero-order valence-corrected chi connectivity index (χ0v) is 15.4. The van der Waals surface area contributed by atoms with Crippen LogP contribution in [0.3, 0.4) is 0 Å². The first-order chi connectivity index (χ1) is 9.53. The molecule has 4 nitrogen and oxygen atoms in total. The van der Waals surface area contributed by atoms with Crippen molar-refractivity contribution < 1.29 is 8.42 Å². The van der Waals surface area contributed by atoms with E-state index in [2.05, 4.69) is 26.0 Å². The molecule has 1 aromatic heterocycles. The molecule has 1 unspecified atom stereocenters. The largest absolute Gasteiger partial charge is 0.312 e. The van der Waals surface area contributed by atoms with E-state index in [0.717, 1.165) is 35.8 Å². The summed E-state index contributed by atoms with van der Waals surface area (Å²) in [6.07, 6.45) is 2.01. The lowest BCUT2D eigenvalue weighted by atomic mass is 10.2. The lowest BCUT2D eigenvalue weighted by Gasteiger charge is -2.22. The quantitative estimate of drug-likeness (QED) is 0.773. The molecule has 2 heterocycles. The molecule has 1 atom stereocenters. The smallest absolute Gasteiger partial charge is 0.242 e. The summed E-state index contributed by atoms with van der Waals surface area (Å²) in [5, 5.41) is 3.21. The van der Waals surface area contributed by atoms with Crippen molar-refractivity contribution in [3.63, 3.8) is 0 Å². The third kappa shape index (κ3) is 4.45. The predicted octanol–water partition coefficient (Wildman–Crippen LogP) is 2.79. The average Bonchev–Trinajstić information content (AvgIpc) is 2.79. The van der Waals surface area contributed by atoms with Crippen LogP contribution in [0, 0.1) is 0 Å². The molecular weight excluding hydrogens is 380 g/mol. The van der Waals surface area contributed by atoms with Gasteiger partial charge in [0.05, 0.1) is 3.79 Å². The van der Waals surface area contributed by atoms with Gasteiger partial charge in [-0.3, -0.25) is 0 Å². The van der Waals surface area contributed by atoms with E-state index in [1.807, 2.05) is 18.7 Å². The number of thiophene rings is 1. The highest BCUT2D eigenvalue weighted by Crippen LogP contribution is 2.32. The molecule has 0 aliphatic carbocycles. The summed E-state index contributed by atoms with van der Waals surface area (Å²) < 4.78 is 28.4. The van der Waals surface area contributed by atoms with Crippen LogP contribution >= 0.6 is 39.0 Å². The van der Waals surface area contributed by atoms with Gasteiger partial charge in [-0.25, -0.2) is 13.1 Å². The van der Waals surface area contributed by atoms with Crippen LogP contribution in [0.5, 0.6) is 0 Å². The summed E-state index contributed by atoms with van der Waals surface area (Å²) >= 11 is 6.66. The number of thioether (sulfide) groups is 1. The molecule has 2 N–H and O–H groups in total. The molecule has 0 radical (unpaired) electrons. The van der Waals surface area contributed by atoms with E-state index >= 15 is 0 Å². The zero-order chi connectivity index (χ0) is 14.6. The van der Waals surface area contributed by atoms with Crippen LogP contribution in [0.25, 0.3) is 0 Å². The van der Waals surface area contributed by atoms with Crippen molar-refractivity contribution in [2.24, 2.45) is 0 Å². The number of hydrogen-bond donors (Lipinski definition) is 2. The molecule has 1 fully saturated rings. The molecule has 1 aliphatic rings. The minimum absolute atomic E-state index is 0.0581. The molecule has 0 bridgehead atoms. The lowest BCUT2D eigenvalue weighted by Crippen LogP contribution is -2.38. The van der Waals surface area contributed by atoms with E-state index in [4.69, 9.17) is 0 Å². The van der Waals surface area contributed by atoms with Gasteiger partial charge in [0, 0.05) is 23.2 Å². The van der Waals surface area contributed by atoms with Crippen LogP contribution < -0.4 is 10.0 Å². The molecule has 0 aromatic carbocycles. The van der Waals surface area contributed by atoms with Gasteiger partial charge in [-0.05, 0) is 47.1 Å². The van der Waals surface area contributed by atoms with E-state index in [-0.39, 0.29) is 6.04 Å². The number of nitrogens with one attached hydrogen (secondary N) is 2. The van der Waals surface area contributed by atoms with Crippen LogP contribution in [0.2, 0.25) is 0 Å². The first-order valence-electron chi connectivity index (χ1n) is 6.62. The highest BCUT2D eigenvalue weighted by Gasteiger charge is 2.25. The van der Waals surface area contributed by atoms with Crippen molar-refractivity contribution in [2.75, 3.05) is 18.1 Å². The van der Waals surface area contributed by atoms with Gasteiger partial charge in [0.2, 0.25) is 10.0 Å². The first-order valence-corrected chi connectivity index (χ1v) is 10.9. The Hall–Kier alpha value is 0.400. The maximum atomic E-state index is 12.4. The fourth-order valence-electron chi connectivity index (χ4n) is 2.03. The Morgan fingerprint density at radius 1 is 1.50 bits per heavy atom. The number of halogens is 1. The Bertz CT molecular complexity index is 539. The average molecular weight is 399 g/mol. The maximum Gasteiger partial charge on any atom is 0.242 e. The first kappa shape index (κ1) is 16.8. The number of rotatable bonds is 6. The second-order valence-electron chi connectivity index (χ2n) is 4.67. The van der Waals surface area contributed by atoms with Crippen LogP contribution in [0.1, 0.15) is 24.6 Å². The Balaban J connectivity index is 2.09. The molecule has 1 saturated heterocycles. The van der Waals surface area contributed by atoms with Crippen LogP contribution in [0.4, 0.5) is 0 Å². The van der Waals surface area contributed by atoms with Crippen molar-refractivity contribution in [2.45, 2.75) is 37.2 Å². The molecule has 114 valence electrons. The summed E-state index contributed by atoms with van der Waals surface area (Å²) in [5.41, 5.74) is 0. The van der Waals surface area contributed by atoms with Crippen LogP contribution in [0.15, 0.2) is 14.7 Å². The molecule has 0 saturated carbocycles. The highest BCUT2D eigenvalue weighted by molar-refractivity contribution is 9.11. The summed E-state index contributed by atoms with van der Waals surface area (Å²) in [5.74, 6) is 2.00. The van der Waals surface area contributed by atoms with E-state index < -0.39 is 10.0 Å². The van der Waals surface area contributed by atoms with Gasteiger partial charge in [0.15, 0.2) is 0 Å². The molecular formula is C12H19BrN2O2S3. The normalized spacial score (nSPS) is 20.2. The van der Waals surface area contributed by atoms with Crippen LogP contribution in [-0.2, 0) is 16.6 Å². The highest BCUT2D eigenvalue weighted by atomic mass is 79.9. The molecule has 0 amide bonds. The van der Waals surface area contributed by atoms with Crippen molar-refractivity contribution in [1.29, 1.82) is 0 Å². The SMILES string of the molecule is CCNCc1cc(S(=O)(=O)NC2CCCSC2)c(Br)s1. The van der Waals surface area contributed by atoms with E-state index in [0.29, 0.717) is 15.2 Å². The molecule has 2 rings (SSSR count). The maximum absolute atomic E-state index is 12.4. The second-order valence-corrected chi connectivity index (χ2v) is 9.95. The van der Waals surface area contributed by atoms with Gasteiger partial charge in [-0.15, -0.1) is 11.3 Å². The summed E-state index contributed by atoms with van der Waals surface area (Å²) in [6.45, 7) is 3.60. The van der Waals surface area contributed by atoms with Gasteiger partial charge in [0.25, 0.3) is 0 Å². The van der Waals surface area contributed by atoms with Crippen molar-refractivity contribution in [3.8, 4) is 0 Å². The zero-order valence-electron chi connectivity index (χ0n) is 11.3. The number of sulfonamides is 1. The summed E-state index contributed by atoms with van der Waals surface area (Å²) in [4.78, 5) is 1.39. The summed E-state index contributed by atoms with van der Waals surface area (Å²) in [6, 6.07) is 1.82. The van der Waals surface area contributed by atoms with Crippen molar-refractivity contribution in [1.82, 2.24) is 10.0 Å². The van der Waals surface area contributed by atoms with Crippen LogP contribution in [-0.4, -0.2) is 32.5 Å². The number of hydrogen-bond acceptors (Lipinski definition) is 5. The molecule has 1 aliphatic heterocycles. The summed E-state index contributed by atoms with van der Waals surface area (Å²) in [7, 11) is -3.42. The van der Waals surface area contributed by atoms with E-state index in [1.165, 1.54) is 11.3 Å². The predicted molar refractivity (Wildman–Crippen MR) is 90.1 cm³/mol. The standard InChI is InChI=1S/C12H19BrN2O2S3/c1-2-14-7-10-6-11(12(13)19-10)20(16,17)15-9-4-3-5-18-8-9/h6,9,14-15H,2-5,7-8H2,1H3. The van der Waals surface area contributed by atoms with Gasteiger partial charge in [0.1, 0.15) is 4.90 Å². The van der Waals surface area contributed by atoms with Crippen molar-refractivity contribution in [3.05, 3.63) is 14.7 Å². The minimum atomic E-state index is -3.42. The third-order valence-electron chi connectivity index (χ3n) is 3.03. The van der Waals surface area contributed by atoms with Gasteiger partial charge in [-0.1, -0.05) is 6.92 Å². The van der Waals surface area contributed by atoms with Gasteiger partial charge in [-0.2, -0.15) is 11.8 Å². The van der Waals surface area contributed by atoms with Gasteiger partial charge < -0.3 is 5.32 Å². The Kier molecular flexibility index (Phi) is 6.37. The molecule has 20 heavy (non-hydrogen) atoms. The van der Waals surface area contributed by atoms with E-state index in [1.54, 1.807) is 6.07 Å². The van der Waals surface area contributed by atoms with Gasteiger partial charge >= 0.3 is 0 Å². The second kappa shape index (κ2) is 7.60. The third-order valence-corrected chi connectivity index (χ3v) is 8.02. The Labute approximate surface area is 137 Å². The van der Waals surface area contributed by atoms with Crippen molar-refractivity contribution >= 4 is 49.1 Å². The fourth-order valence-corrected chi connectivity index (χ4v) is 7.13. The molecule has 0 spiro atoms. The Morgan fingerprint density at radius 3 is 2.95 bits per heavy atom. The Morgan fingerprint density at radius 2 is 2.30 bits per heavy atom. The fraction of sp³-hybridized carbons (Fsp3) is 0.667. The topological polar surface area (TPSA) is 58.2 Å². The van der Waals surface area contributed by atoms with E-state index in [9.17, 15) is 8.42 Å². The molecule has 1 aromatic rings. The monoisotopic (exact) mass is 398 g/mol. The molecule has 8 heteroatoms. The minimum Gasteiger partial charge on any atom is -0.312 e.